The predicted molar refractivity (Wildman–Crippen MR) is 76.5 cm³/mol. The third-order valence-electron chi connectivity index (χ3n) is 4.42. The van der Waals surface area contributed by atoms with Crippen LogP contribution in [-0.2, 0) is 0 Å². The van der Waals surface area contributed by atoms with Crippen LogP contribution in [0.3, 0.4) is 0 Å². The summed E-state index contributed by atoms with van der Waals surface area (Å²) in [6.07, 6.45) is 2.24. The van der Waals surface area contributed by atoms with Crippen molar-refractivity contribution in [3.8, 4) is 11.5 Å². The quantitative estimate of drug-likeness (QED) is 0.847. The van der Waals surface area contributed by atoms with Crippen molar-refractivity contribution in [1.82, 2.24) is 15.1 Å². The fourth-order valence-electron chi connectivity index (χ4n) is 3.21. The van der Waals surface area contributed by atoms with E-state index in [1.165, 1.54) is 6.07 Å². The zero-order valence-corrected chi connectivity index (χ0v) is 11.7. The molecule has 110 valence electrons. The summed E-state index contributed by atoms with van der Waals surface area (Å²) in [5.74, 6) is -0.0854. The monoisotopic (exact) mass is 288 g/mol. The number of hydrogen-bond donors (Lipinski definition) is 0. The molecular weight excluding hydrogens is 271 g/mol. The van der Waals surface area contributed by atoms with Crippen LogP contribution in [0.15, 0.2) is 28.7 Å². The van der Waals surface area contributed by atoms with Crippen molar-refractivity contribution < 1.29 is 8.81 Å². The highest BCUT2D eigenvalue weighted by Gasteiger charge is 2.32. The molecule has 0 N–H and O–H groups in total. The average molecular weight is 288 g/mol. The summed E-state index contributed by atoms with van der Waals surface area (Å²) in [4.78, 5) is 4.65. The summed E-state index contributed by atoms with van der Waals surface area (Å²) < 4.78 is 19.5. The second-order valence-electron chi connectivity index (χ2n) is 5.64. The summed E-state index contributed by atoms with van der Waals surface area (Å²) >= 11 is 0. The second kappa shape index (κ2) is 5.11. The lowest BCUT2D eigenvalue weighted by atomic mass is 10.1. The van der Waals surface area contributed by atoms with Gasteiger partial charge in [-0.25, -0.2) is 4.39 Å². The van der Waals surface area contributed by atoms with E-state index in [2.05, 4.69) is 20.0 Å². The van der Waals surface area contributed by atoms with Gasteiger partial charge in [0, 0.05) is 32.2 Å². The molecule has 1 aromatic heterocycles. The first-order valence-electron chi connectivity index (χ1n) is 7.39. The maximum absolute atomic E-state index is 13.8. The number of anilines is 1. The van der Waals surface area contributed by atoms with Gasteiger partial charge in [0.1, 0.15) is 5.82 Å². The average Bonchev–Trinajstić information content (AvgIpc) is 2.80. The van der Waals surface area contributed by atoms with E-state index in [0.717, 1.165) is 39.0 Å². The lowest BCUT2D eigenvalue weighted by molar-refractivity contribution is 0.249. The maximum atomic E-state index is 13.8. The molecule has 1 aromatic carbocycles. The summed E-state index contributed by atoms with van der Waals surface area (Å²) in [5, 5.41) is 8.16. The van der Waals surface area contributed by atoms with Gasteiger partial charge < -0.3 is 14.2 Å². The molecule has 5 nitrogen and oxygen atoms in total. The molecule has 5 rings (SSSR count). The van der Waals surface area contributed by atoms with Crippen LogP contribution in [0, 0.1) is 5.82 Å². The number of piperidine rings is 1. The molecule has 0 atom stereocenters. The van der Waals surface area contributed by atoms with E-state index in [9.17, 15) is 4.39 Å². The SMILES string of the molecule is Fc1ccccc1-c1nnc(N2CCN3CCC2CC3)o1. The molecule has 0 radical (unpaired) electrons. The van der Waals surface area contributed by atoms with Crippen LogP contribution in [0.2, 0.25) is 0 Å². The molecule has 2 aromatic rings. The molecule has 21 heavy (non-hydrogen) atoms. The number of hydrogen-bond acceptors (Lipinski definition) is 5. The normalized spacial score (nSPS) is 25.1. The summed E-state index contributed by atoms with van der Waals surface area (Å²) in [6, 6.07) is 7.45. The minimum atomic E-state index is -0.337. The van der Waals surface area contributed by atoms with E-state index in [1.54, 1.807) is 18.2 Å². The molecule has 0 unspecified atom stereocenters. The highest BCUT2D eigenvalue weighted by molar-refractivity contribution is 5.54. The highest BCUT2D eigenvalue weighted by atomic mass is 19.1. The molecule has 0 saturated carbocycles. The van der Waals surface area contributed by atoms with Gasteiger partial charge in [-0.3, -0.25) is 0 Å². The molecule has 2 bridgehead atoms. The molecule has 0 aliphatic carbocycles. The largest absolute Gasteiger partial charge is 0.403 e. The molecular formula is C15H17FN4O. The molecule has 3 fully saturated rings. The number of fused-ring (bicyclic) bond motifs is 4. The summed E-state index contributed by atoms with van der Waals surface area (Å²) in [7, 11) is 0. The van der Waals surface area contributed by atoms with Gasteiger partial charge in [0.05, 0.1) is 5.56 Å². The Morgan fingerprint density at radius 3 is 2.67 bits per heavy atom. The van der Waals surface area contributed by atoms with Crippen LogP contribution in [0.4, 0.5) is 10.4 Å². The minimum absolute atomic E-state index is 0.252. The van der Waals surface area contributed by atoms with Gasteiger partial charge >= 0.3 is 6.01 Å². The minimum Gasteiger partial charge on any atom is -0.403 e. The maximum Gasteiger partial charge on any atom is 0.318 e. The first-order chi connectivity index (χ1) is 10.3. The molecule has 0 spiro atoms. The van der Waals surface area contributed by atoms with Crippen LogP contribution >= 0.6 is 0 Å². The van der Waals surface area contributed by atoms with Crippen LogP contribution < -0.4 is 4.90 Å². The third-order valence-corrected chi connectivity index (χ3v) is 4.42. The number of nitrogens with zero attached hydrogens (tertiary/aromatic N) is 4. The predicted octanol–water partition coefficient (Wildman–Crippen LogP) is 2.16. The Morgan fingerprint density at radius 1 is 1.05 bits per heavy atom. The van der Waals surface area contributed by atoms with Gasteiger partial charge in [-0.05, 0) is 25.0 Å². The zero-order valence-electron chi connectivity index (χ0n) is 11.7. The number of aromatic nitrogens is 2. The first-order valence-corrected chi connectivity index (χ1v) is 7.39. The van der Waals surface area contributed by atoms with E-state index in [1.807, 2.05) is 0 Å². The lowest BCUT2D eigenvalue weighted by Gasteiger charge is -2.29. The first kappa shape index (κ1) is 12.8. The second-order valence-corrected chi connectivity index (χ2v) is 5.64. The number of rotatable bonds is 2. The van der Waals surface area contributed by atoms with Gasteiger partial charge in [0.25, 0.3) is 5.89 Å². The van der Waals surface area contributed by atoms with Crippen molar-refractivity contribution in [2.24, 2.45) is 0 Å². The van der Waals surface area contributed by atoms with Gasteiger partial charge in [0.2, 0.25) is 0 Å². The molecule has 3 saturated heterocycles. The standard InChI is InChI=1S/C15H17FN4O/c16-13-4-2-1-3-12(13)14-17-18-15(21-14)20-10-9-19-7-5-11(20)6-8-19/h1-4,11H,5-10H2. The van der Waals surface area contributed by atoms with E-state index in [0.29, 0.717) is 17.6 Å². The molecule has 3 aliphatic heterocycles. The molecule has 0 amide bonds. The Kier molecular flexibility index (Phi) is 3.11. The zero-order chi connectivity index (χ0) is 14.2. The van der Waals surface area contributed by atoms with Crippen molar-refractivity contribution in [2.75, 3.05) is 31.1 Å². The number of benzene rings is 1. The van der Waals surface area contributed by atoms with Gasteiger partial charge in [-0.2, -0.15) is 0 Å². The lowest BCUT2D eigenvalue weighted by Crippen LogP contribution is -2.38. The third kappa shape index (κ3) is 2.29. The summed E-state index contributed by atoms with van der Waals surface area (Å²) in [5.41, 5.74) is 0.360. The molecule has 6 heteroatoms. The van der Waals surface area contributed by atoms with Crippen molar-refractivity contribution in [3.05, 3.63) is 30.1 Å². The van der Waals surface area contributed by atoms with E-state index in [-0.39, 0.29) is 11.7 Å². The van der Waals surface area contributed by atoms with Gasteiger partial charge in [-0.1, -0.05) is 17.2 Å². The van der Waals surface area contributed by atoms with Crippen molar-refractivity contribution in [2.45, 2.75) is 18.9 Å². The van der Waals surface area contributed by atoms with E-state index < -0.39 is 0 Å². The Hall–Kier alpha value is -1.95. The van der Waals surface area contributed by atoms with Crippen molar-refractivity contribution >= 4 is 6.01 Å². The van der Waals surface area contributed by atoms with Crippen molar-refractivity contribution in [3.63, 3.8) is 0 Å². The van der Waals surface area contributed by atoms with Crippen LogP contribution in [-0.4, -0.2) is 47.3 Å². The topological polar surface area (TPSA) is 45.4 Å². The Balaban J connectivity index is 1.64. The Bertz CT molecular complexity index is 636. The van der Waals surface area contributed by atoms with Gasteiger partial charge in [0.15, 0.2) is 0 Å². The van der Waals surface area contributed by atoms with Crippen LogP contribution in [0.1, 0.15) is 12.8 Å². The fraction of sp³-hybridized carbons (Fsp3) is 0.467. The molecule has 4 heterocycles. The Labute approximate surface area is 122 Å². The van der Waals surface area contributed by atoms with Crippen LogP contribution in [0.5, 0.6) is 0 Å². The summed E-state index contributed by atoms with van der Waals surface area (Å²) in [6.45, 7) is 4.18. The van der Waals surface area contributed by atoms with Crippen molar-refractivity contribution in [1.29, 1.82) is 0 Å². The fourth-order valence-corrected chi connectivity index (χ4v) is 3.21. The van der Waals surface area contributed by atoms with E-state index >= 15 is 0 Å². The van der Waals surface area contributed by atoms with Crippen LogP contribution in [0.25, 0.3) is 11.5 Å². The van der Waals surface area contributed by atoms with Gasteiger partial charge in [-0.15, -0.1) is 5.10 Å². The number of halogens is 1. The van der Waals surface area contributed by atoms with E-state index in [4.69, 9.17) is 4.42 Å². The smallest absolute Gasteiger partial charge is 0.318 e. The highest BCUT2D eigenvalue weighted by Crippen LogP contribution is 2.29. The molecule has 3 aliphatic rings. The Morgan fingerprint density at radius 2 is 1.86 bits per heavy atom.